The molecule has 0 aliphatic heterocycles. The number of aryl methyl sites for hydroxylation is 1. The lowest BCUT2D eigenvalue weighted by Crippen LogP contribution is -2.31. The number of hydrogen-bond acceptors (Lipinski definition) is 4. The molecule has 1 heterocycles. The molecule has 3 aromatic rings. The van der Waals surface area contributed by atoms with Crippen LogP contribution >= 0.6 is 15.9 Å². The SMILES string of the molecule is CCc1ccccc1-n1c(O)c(C=Nc2cccc(Br)c2)c(=O)[nH]c1=O. The van der Waals surface area contributed by atoms with Gasteiger partial charge in [0.2, 0.25) is 5.88 Å². The van der Waals surface area contributed by atoms with E-state index in [1.54, 1.807) is 30.3 Å². The van der Waals surface area contributed by atoms with Gasteiger partial charge in [0.15, 0.2) is 0 Å². The maximum absolute atomic E-state index is 12.3. The van der Waals surface area contributed by atoms with Crippen LogP contribution in [0, 0.1) is 0 Å². The summed E-state index contributed by atoms with van der Waals surface area (Å²) >= 11 is 3.35. The van der Waals surface area contributed by atoms with Crippen molar-refractivity contribution < 1.29 is 5.11 Å². The highest BCUT2D eigenvalue weighted by Crippen LogP contribution is 2.21. The Hall–Kier alpha value is -2.93. The van der Waals surface area contributed by atoms with Crippen molar-refractivity contribution in [3.8, 4) is 11.6 Å². The molecule has 0 saturated carbocycles. The molecular formula is C19H16BrN3O3. The van der Waals surface area contributed by atoms with E-state index in [1.807, 2.05) is 25.1 Å². The molecule has 6 nitrogen and oxygen atoms in total. The lowest BCUT2D eigenvalue weighted by molar-refractivity contribution is 0.429. The van der Waals surface area contributed by atoms with E-state index in [0.717, 1.165) is 14.6 Å². The minimum absolute atomic E-state index is 0.0875. The Bertz CT molecular complexity index is 1100. The van der Waals surface area contributed by atoms with Crippen LogP contribution in [0.5, 0.6) is 5.88 Å². The van der Waals surface area contributed by atoms with Crippen molar-refractivity contribution in [2.45, 2.75) is 13.3 Å². The summed E-state index contributed by atoms with van der Waals surface area (Å²) < 4.78 is 1.93. The average Bonchev–Trinajstić information content (AvgIpc) is 2.61. The predicted molar refractivity (Wildman–Crippen MR) is 105 cm³/mol. The number of H-pyrrole nitrogens is 1. The first-order valence-electron chi connectivity index (χ1n) is 7.97. The van der Waals surface area contributed by atoms with Crippen LogP contribution in [0.2, 0.25) is 0 Å². The summed E-state index contributed by atoms with van der Waals surface area (Å²) in [7, 11) is 0. The van der Waals surface area contributed by atoms with E-state index in [0.29, 0.717) is 17.8 Å². The summed E-state index contributed by atoms with van der Waals surface area (Å²) in [6.07, 6.45) is 1.92. The largest absolute Gasteiger partial charge is 0.493 e. The first-order chi connectivity index (χ1) is 12.5. The van der Waals surface area contributed by atoms with Crippen LogP contribution in [-0.4, -0.2) is 20.9 Å². The van der Waals surface area contributed by atoms with E-state index < -0.39 is 17.1 Å². The molecule has 0 aliphatic carbocycles. The Balaban J connectivity index is 2.16. The molecule has 7 heteroatoms. The van der Waals surface area contributed by atoms with E-state index in [4.69, 9.17) is 0 Å². The van der Waals surface area contributed by atoms with Gasteiger partial charge >= 0.3 is 5.69 Å². The number of nitrogens with one attached hydrogen (secondary N) is 1. The van der Waals surface area contributed by atoms with E-state index >= 15 is 0 Å². The first-order valence-corrected chi connectivity index (χ1v) is 8.76. The second-order valence-electron chi connectivity index (χ2n) is 5.55. The summed E-state index contributed by atoms with van der Waals surface area (Å²) in [6, 6.07) is 14.4. The number of aromatic hydroxyl groups is 1. The molecule has 0 radical (unpaired) electrons. The topological polar surface area (TPSA) is 87.4 Å². The third-order valence-corrected chi connectivity index (χ3v) is 4.38. The van der Waals surface area contributed by atoms with Crippen molar-refractivity contribution in [3.63, 3.8) is 0 Å². The molecule has 0 aliphatic rings. The zero-order valence-electron chi connectivity index (χ0n) is 13.9. The van der Waals surface area contributed by atoms with Gasteiger partial charge in [-0.3, -0.25) is 14.8 Å². The Morgan fingerprint density at radius 1 is 1.19 bits per heavy atom. The molecule has 2 aromatic carbocycles. The van der Waals surface area contributed by atoms with E-state index in [1.165, 1.54) is 6.21 Å². The zero-order chi connectivity index (χ0) is 18.7. The zero-order valence-corrected chi connectivity index (χ0v) is 15.5. The molecule has 1 aromatic heterocycles. The summed E-state index contributed by atoms with van der Waals surface area (Å²) in [4.78, 5) is 30.9. The van der Waals surface area contributed by atoms with Gasteiger partial charge in [0.05, 0.1) is 11.4 Å². The van der Waals surface area contributed by atoms with E-state index in [2.05, 4.69) is 25.9 Å². The van der Waals surface area contributed by atoms with Crippen LogP contribution in [0.3, 0.4) is 0 Å². The van der Waals surface area contributed by atoms with Crippen molar-refractivity contribution in [1.29, 1.82) is 0 Å². The van der Waals surface area contributed by atoms with Crippen LogP contribution in [0.4, 0.5) is 5.69 Å². The van der Waals surface area contributed by atoms with Crippen molar-refractivity contribution >= 4 is 27.8 Å². The summed E-state index contributed by atoms with van der Waals surface area (Å²) in [5.74, 6) is -0.446. The minimum Gasteiger partial charge on any atom is -0.493 e. The van der Waals surface area contributed by atoms with Gasteiger partial charge in [-0.25, -0.2) is 9.36 Å². The molecule has 2 N–H and O–H groups in total. The lowest BCUT2D eigenvalue weighted by atomic mass is 10.1. The third kappa shape index (κ3) is 3.52. The summed E-state index contributed by atoms with van der Waals surface area (Å²) in [5.41, 5.74) is 0.502. The number of halogens is 1. The monoisotopic (exact) mass is 413 g/mol. The Labute approximate surface area is 157 Å². The predicted octanol–water partition coefficient (Wildman–Crippen LogP) is 3.31. The molecule has 0 bridgehead atoms. The van der Waals surface area contributed by atoms with Gasteiger partial charge in [0, 0.05) is 10.7 Å². The molecule has 132 valence electrons. The molecule has 0 spiro atoms. The van der Waals surface area contributed by atoms with Gasteiger partial charge in [0.25, 0.3) is 5.56 Å². The molecule has 0 saturated heterocycles. The quantitative estimate of drug-likeness (QED) is 0.643. The van der Waals surface area contributed by atoms with Crippen molar-refractivity contribution in [2.75, 3.05) is 0 Å². The number of para-hydroxylation sites is 1. The second kappa shape index (κ2) is 7.53. The fraction of sp³-hybridized carbons (Fsp3) is 0.105. The highest BCUT2D eigenvalue weighted by molar-refractivity contribution is 9.10. The second-order valence-corrected chi connectivity index (χ2v) is 6.47. The third-order valence-electron chi connectivity index (χ3n) is 3.89. The number of aliphatic imine (C=N–C) groups is 1. The summed E-state index contributed by atoms with van der Waals surface area (Å²) in [6.45, 7) is 1.95. The maximum atomic E-state index is 12.3. The number of hydrogen-bond donors (Lipinski definition) is 2. The van der Waals surface area contributed by atoms with Crippen LogP contribution in [-0.2, 0) is 6.42 Å². The van der Waals surface area contributed by atoms with Gasteiger partial charge in [-0.2, -0.15) is 0 Å². The fourth-order valence-corrected chi connectivity index (χ4v) is 2.99. The molecule has 26 heavy (non-hydrogen) atoms. The Kier molecular flexibility index (Phi) is 5.18. The lowest BCUT2D eigenvalue weighted by Gasteiger charge is -2.13. The van der Waals surface area contributed by atoms with Crippen molar-refractivity contribution in [3.05, 3.63) is 85.0 Å². The van der Waals surface area contributed by atoms with Gasteiger partial charge < -0.3 is 5.11 Å². The minimum atomic E-state index is -0.701. The fourth-order valence-electron chi connectivity index (χ4n) is 2.60. The maximum Gasteiger partial charge on any atom is 0.335 e. The van der Waals surface area contributed by atoms with E-state index in [-0.39, 0.29) is 5.56 Å². The van der Waals surface area contributed by atoms with Crippen LogP contribution < -0.4 is 11.2 Å². The van der Waals surface area contributed by atoms with Gasteiger partial charge in [-0.1, -0.05) is 47.1 Å². The number of rotatable bonds is 4. The number of aromatic nitrogens is 2. The van der Waals surface area contributed by atoms with Crippen LogP contribution in [0.25, 0.3) is 5.69 Å². The molecule has 0 fully saturated rings. The Morgan fingerprint density at radius 3 is 2.69 bits per heavy atom. The highest BCUT2D eigenvalue weighted by atomic mass is 79.9. The standard InChI is InChI=1S/C19H16BrN3O3/c1-2-12-6-3-4-9-16(12)23-18(25)15(17(24)22-19(23)26)11-21-14-8-5-7-13(20)10-14/h3-11,25H,2H2,1H3,(H,22,24,26). The summed E-state index contributed by atoms with van der Waals surface area (Å²) in [5, 5.41) is 10.6. The van der Waals surface area contributed by atoms with Crippen LogP contribution in [0.15, 0.2) is 67.6 Å². The molecule has 0 amide bonds. The number of nitrogens with zero attached hydrogens (tertiary/aromatic N) is 2. The molecule has 3 rings (SSSR count). The van der Waals surface area contributed by atoms with Crippen molar-refractivity contribution in [1.82, 2.24) is 9.55 Å². The van der Waals surface area contributed by atoms with Gasteiger partial charge in [-0.05, 0) is 36.2 Å². The Morgan fingerprint density at radius 2 is 1.96 bits per heavy atom. The van der Waals surface area contributed by atoms with Crippen LogP contribution in [0.1, 0.15) is 18.1 Å². The van der Waals surface area contributed by atoms with Crippen molar-refractivity contribution in [2.24, 2.45) is 4.99 Å². The average molecular weight is 414 g/mol. The molecule has 0 atom stereocenters. The van der Waals surface area contributed by atoms with Gasteiger partial charge in [0.1, 0.15) is 5.56 Å². The number of benzene rings is 2. The smallest absolute Gasteiger partial charge is 0.335 e. The highest BCUT2D eigenvalue weighted by Gasteiger charge is 2.15. The molecular weight excluding hydrogens is 398 g/mol. The molecule has 0 unspecified atom stereocenters. The van der Waals surface area contributed by atoms with E-state index in [9.17, 15) is 14.7 Å². The normalized spacial score (nSPS) is 11.2. The number of aromatic amines is 1. The first kappa shape index (κ1) is 17.9. The van der Waals surface area contributed by atoms with Gasteiger partial charge in [-0.15, -0.1) is 0 Å².